The Kier molecular flexibility index (Phi) is 5.65. The third kappa shape index (κ3) is 4.68. The van der Waals surface area contributed by atoms with E-state index in [0.717, 1.165) is 18.9 Å². The monoisotopic (exact) mass is 281 g/mol. The van der Waals surface area contributed by atoms with Crippen molar-refractivity contribution in [3.8, 4) is 0 Å². The second-order valence-electron chi connectivity index (χ2n) is 3.93. The number of hydrogen-bond donors (Lipinski definition) is 1. The van der Waals surface area contributed by atoms with Gasteiger partial charge in [-0.05, 0) is 24.5 Å². The van der Waals surface area contributed by atoms with E-state index in [-0.39, 0.29) is 0 Å². The molecule has 1 aromatic heterocycles. The van der Waals surface area contributed by atoms with Crippen LogP contribution in [-0.2, 0) is 6.18 Å². The molecule has 0 aliphatic rings. The molecule has 1 heterocycles. The van der Waals surface area contributed by atoms with Crippen LogP contribution in [0.15, 0.2) is 12.1 Å². The first-order valence-corrected chi connectivity index (χ1v) is 6.21. The molecule has 0 spiro atoms. The molecular weight excluding hydrogens is 267 g/mol. The zero-order chi connectivity index (χ0) is 13.6. The number of alkyl halides is 4. The first kappa shape index (κ1) is 15.0. The highest BCUT2D eigenvalue weighted by Crippen LogP contribution is 2.27. The van der Waals surface area contributed by atoms with Gasteiger partial charge in [0.05, 0.1) is 0 Å². The zero-order valence-electron chi connectivity index (χ0n) is 9.97. The molecule has 0 amide bonds. The van der Waals surface area contributed by atoms with Crippen LogP contribution in [0.25, 0.3) is 0 Å². The van der Waals surface area contributed by atoms with Gasteiger partial charge < -0.3 is 5.32 Å². The molecule has 102 valence electrons. The summed E-state index contributed by atoms with van der Waals surface area (Å²) in [6.07, 6.45) is -2.64. The summed E-state index contributed by atoms with van der Waals surface area (Å²) in [5, 5.41) is 9.59. The fourth-order valence-corrected chi connectivity index (χ4v) is 1.74. The summed E-state index contributed by atoms with van der Waals surface area (Å²) in [6.45, 7) is 2.67. The number of rotatable bonds is 6. The lowest BCUT2D eigenvalue weighted by molar-refractivity contribution is -0.141. The van der Waals surface area contributed by atoms with Crippen molar-refractivity contribution in [2.24, 2.45) is 5.92 Å². The molecule has 3 nitrogen and oxygen atoms in total. The Morgan fingerprint density at radius 3 is 2.50 bits per heavy atom. The van der Waals surface area contributed by atoms with Gasteiger partial charge in [-0.15, -0.1) is 21.8 Å². The molecule has 18 heavy (non-hydrogen) atoms. The Morgan fingerprint density at radius 1 is 1.33 bits per heavy atom. The average Bonchev–Trinajstić information content (AvgIpc) is 2.34. The molecule has 1 unspecified atom stereocenters. The third-order valence-electron chi connectivity index (χ3n) is 2.62. The zero-order valence-corrected chi connectivity index (χ0v) is 10.7. The number of nitrogens with one attached hydrogen (secondary N) is 1. The second-order valence-corrected chi connectivity index (χ2v) is 4.31. The molecule has 0 aromatic carbocycles. The topological polar surface area (TPSA) is 37.8 Å². The normalized spacial score (nSPS) is 13.4. The van der Waals surface area contributed by atoms with Gasteiger partial charge in [0.2, 0.25) is 0 Å². The molecule has 7 heteroatoms. The second kappa shape index (κ2) is 6.78. The molecule has 1 N–H and O–H groups in total. The molecule has 1 rings (SSSR count). The van der Waals surface area contributed by atoms with Gasteiger partial charge >= 0.3 is 6.18 Å². The Labute approximate surface area is 109 Å². The molecule has 0 fully saturated rings. The van der Waals surface area contributed by atoms with E-state index >= 15 is 0 Å². The van der Waals surface area contributed by atoms with Gasteiger partial charge in [0.15, 0.2) is 5.69 Å². The Morgan fingerprint density at radius 2 is 2.06 bits per heavy atom. The minimum absolute atomic E-state index is 0.344. The first-order valence-electron chi connectivity index (χ1n) is 5.68. The van der Waals surface area contributed by atoms with Gasteiger partial charge in [0.25, 0.3) is 0 Å². The van der Waals surface area contributed by atoms with Crippen molar-refractivity contribution in [3.05, 3.63) is 17.8 Å². The van der Waals surface area contributed by atoms with Crippen molar-refractivity contribution in [2.75, 3.05) is 17.7 Å². The van der Waals surface area contributed by atoms with Crippen molar-refractivity contribution in [2.45, 2.75) is 25.9 Å². The van der Waals surface area contributed by atoms with Gasteiger partial charge in [0.1, 0.15) is 5.82 Å². The van der Waals surface area contributed by atoms with Crippen molar-refractivity contribution < 1.29 is 13.2 Å². The highest BCUT2D eigenvalue weighted by molar-refractivity contribution is 6.17. The summed E-state index contributed by atoms with van der Waals surface area (Å²) in [7, 11) is 0. The maximum Gasteiger partial charge on any atom is 0.435 e. The summed E-state index contributed by atoms with van der Waals surface area (Å²) < 4.78 is 36.8. The van der Waals surface area contributed by atoms with Crippen LogP contribution in [0.3, 0.4) is 0 Å². The molecule has 0 aliphatic carbocycles. The molecule has 0 aliphatic heterocycles. The molecule has 1 aromatic rings. The molecule has 1 atom stereocenters. The number of aromatic nitrogens is 2. The SMILES string of the molecule is CCC(CCCl)CNc1ccc(C(F)(F)F)nn1. The molecule has 0 radical (unpaired) electrons. The minimum atomic E-state index is -4.45. The van der Waals surface area contributed by atoms with E-state index in [1.165, 1.54) is 6.07 Å². The van der Waals surface area contributed by atoms with E-state index in [2.05, 4.69) is 15.5 Å². The van der Waals surface area contributed by atoms with Crippen LogP contribution in [0.1, 0.15) is 25.5 Å². The fourth-order valence-electron chi connectivity index (χ4n) is 1.43. The van der Waals surface area contributed by atoms with E-state index in [9.17, 15) is 13.2 Å². The molecule has 0 saturated heterocycles. The van der Waals surface area contributed by atoms with Crippen LogP contribution in [-0.4, -0.2) is 22.6 Å². The predicted molar refractivity (Wildman–Crippen MR) is 64.6 cm³/mol. The maximum atomic E-state index is 12.3. The van der Waals surface area contributed by atoms with Crippen LogP contribution >= 0.6 is 11.6 Å². The van der Waals surface area contributed by atoms with Gasteiger partial charge in [-0.1, -0.05) is 13.3 Å². The lowest BCUT2D eigenvalue weighted by Gasteiger charge is -2.14. The summed E-state index contributed by atoms with van der Waals surface area (Å²) in [5.74, 6) is 1.29. The van der Waals surface area contributed by atoms with Crippen molar-refractivity contribution in [3.63, 3.8) is 0 Å². The highest BCUT2D eigenvalue weighted by atomic mass is 35.5. The Hall–Kier alpha value is -1.04. The van der Waals surface area contributed by atoms with Gasteiger partial charge in [-0.3, -0.25) is 0 Å². The van der Waals surface area contributed by atoms with E-state index in [1.54, 1.807) is 0 Å². The number of halogens is 4. The van der Waals surface area contributed by atoms with Gasteiger partial charge in [0, 0.05) is 12.4 Å². The smallest absolute Gasteiger partial charge is 0.368 e. The highest BCUT2D eigenvalue weighted by Gasteiger charge is 2.32. The van der Waals surface area contributed by atoms with Crippen molar-refractivity contribution in [1.29, 1.82) is 0 Å². The summed E-state index contributed by atoms with van der Waals surface area (Å²) in [5.41, 5.74) is -0.985. The van der Waals surface area contributed by atoms with E-state index < -0.39 is 11.9 Å². The van der Waals surface area contributed by atoms with E-state index in [0.29, 0.717) is 24.2 Å². The summed E-state index contributed by atoms with van der Waals surface area (Å²) in [6, 6.07) is 2.20. The van der Waals surface area contributed by atoms with Gasteiger partial charge in [-0.25, -0.2) is 0 Å². The lowest BCUT2D eigenvalue weighted by Crippen LogP contribution is -2.16. The minimum Gasteiger partial charge on any atom is -0.368 e. The van der Waals surface area contributed by atoms with Crippen molar-refractivity contribution >= 4 is 17.4 Å². The molecular formula is C11H15ClF3N3. The maximum absolute atomic E-state index is 12.3. The fraction of sp³-hybridized carbons (Fsp3) is 0.636. The number of hydrogen-bond acceptors (Lipinski definition) is 3. The summed E-state index contributed by atoms with van der Waals surface area (Å²) >= 11 is 5.65. The summed E-state index contributed by atoms with van der Waals surface area (Å²) in [4.78, 5) is 0. The quantitative estimate of drug-likeness (QED) is 0.810. The Balaban J connectivity index is 2.53. The number of nitrogens with zero attached hydrogens (tertiary/aromatic N) is 2. The molecule has 0 saturated carbocycles. The standard InChI is InChI=1S/C11H15ClF3N3/c1-2-8(5-6-12)7-16-10-4-3-9(17-18-10)11(13,14)15/h3-4,8H,2,5-7H2,1H3,(H,16,18). The van der Waals surface area contributed by atoms with E-state index in [4.69, 9.17) is 11.6 Å². The van der Waals surface area contributed by atoms with Crippen LogP contribution in [0.2, 0.25) is 0 Å². The van der Waals surface area contributed by atoms with Crippen LogP contribution in [0.4, 0.5) is 19.0 Å². The Bertz CT molecular complexity index is 354. The largest absolute Gasteiger partial charge is 0.435 e. The predicted octanol–water partition coefficient (Wildman–Crippen LogP) is 3.56. The van der Waals surface area contributed by atoms with E-state index in [1.807, 2.05) is 6.92 Å². The average molecular weight is 282 g/mol. The van der Waals surface area contributed by atoms with Crippen LogP contribution in [0, 0.1) is 5.92 Å². The first-order chi connectivity index (χ1) is 8.47. The van der Waals surface area contributed by atoms with Crippen LogP contribution < -0.4 is 5.32 Å². The van der Waals surface area contributed by atoms with Crippen LogP contribution in [0.5, 0.6) is 0 Å². The molecule has 0 bridgehead atoms. The number of anilines is 1. The van der Waals surface area contributed by atoms with Gasteiger partial charge in [-0.2, -0.15) is 13.2 Å². The third-order valence-corrected chi connectivity index (χ3v) is 2.84. The lowest BCUT2D eigenvalue weighted by atomic mass is 10.0. The van der Waals surface area contributed by atoms with Crippen molar-refractivity contribution in [1.82, 2.24) is 10.2 Å².